The van der Waals surface area contributed by atoms with Crippen LogP contribution in [0.25, 0.3) is 0 Å². The molecule has 1 saturated heterocycles. The molecule has 6 nitrogen and oxygen atoms in total. The molecule has 0 unspecified atom stereocenters. The first-order valence-corrected chi connectivity index (χ1v) is 12.7. The van der Waals surface area contributed by atoms with Gasteiger partial charge in [-0.3, -0.25) is 4.79 Å². The quantitative estimate of drug-likeness (QED) is 0.631. The number of amides is 1. The predicted molar refractivity (Wildman–Crippen MR) is 121 cm³/mol. The van der Waals surface area contributed by atoms with E-state index in [1.807, 2.05) is 24.3 Å². The van der Waals surface area contributed by atoms with Crippen molar-refractivity contribution >= 4 is 39.1 Å². The van der Waals surface area contributed by atoms with Gasteiger partial charge in [-0.2, -0.15) is 4.31 Å². The molecule has 1 saturated carbocycles. The average molecular weight is 482 g/mol. The Morgan fingerprint density at radius 3 is 2.39 bits per heavy atom. The number of carbonyl (C=O) groups excluding carboxylic acids is 1. The van der Waals surface area contributed by atoms with Crippen LogP contribution in [0.15, 0.2) is 47.5 Å². The van der Waals surface area contributed by atoms with Crippen LogP contribution in [-0.2, 0) is 20.2 Å². The summed E-state index contributed by atoms with van der Waals surface area (Å²) in [6, 6.07) is 10.9. The van der Waals surface area contributed by atoms with E-state index in [1.165, 1.54) is 22.1 Å². The Balaban J connectivity index is 1.34. The number of nitrogens with one attached hydrogen (secondary N) is 1. The SMILES string of the molecule is O=C(NCC1(c2ccc(Cl)cc2)CCC1)C1CCN(S(=O)(=O)c2cccnc2Cl)CC1. The second-order valence-corrected chi connectivity index (χ2v) is 11.0. The lowest BCUT2D eigenvalue weighted by Gasteiger charge is -2.43. The summed E-state index contributed by atoms with van der Waals surface area (Å²) in [7, 11) is -3.72. The molecule has 0 bridgehead atoms. The molecule has 1 aromatic carbocycles. The lowest BCUT2D eigenvalue weighted by atomic mass is 9.64. The minimum Gasteiger partial charge on any atom is -0.355 e. The summed E-state index contributed by atoms with van der Waals surface area (Å²) in [5.41, 5.74) is 1.18. The van der Waals surface area contributed by atoms with Gasteiger partial charge < -0.3 is 5.32 Å². The number of rotatable bonds is 6. The maximum Gasteiger partial charge on any atom is 0.246 e. The number of pyridine rings is 1. The highest BCUT2D eigenvalue weighted by atomic mass is 35.5. The van der Waals surface area contributed by atoms with Crippen LogP contribution in [0, 0.1) is 5.92 Å². The number of piperidine rings is 1. The molecule has 1 amide bonds. The van der Waals surface area contributed by atoms with Gasteiger partial charge in [-0.15, -0.1) is 0 Å². The van der Waals surface area contributed by atoms with Crippen LogP contribution in [-0.4, -0.2) is 43.2 Å². The van der Waals surface area contributed by atoms with E-state index in [0.717, 1.165) is 19.3 Å². The van der Waals surface area contributed by atoms with Crippen molar-refractivity contribution in [3.63, 3.8) is 0 Å². The lowest BCUT2D eigenvalue weighted by Crippen LogP contribution is -2.48. The number of nitrogens with zero attached hydrogens (tertiary/aromatic N) is 2. The predicted octanol–water partition coefficient (Wildman–Crippen LogP) is 4.03. The fraction of sp³-hybridized carbons (Fsp3) is 0.455. The number of benzene rings is 1. The van der Waals surface area contributed by atoms with Gasteiger partial charge in [0.15, 0.2) is 0 Å². The molecule has 2 aromatic rings. The molecule has 0 spiro atoms. The third-order valence-corrected chi connectivity index (χ3v) is 9.13. The number of carbonyl (C=O) groups is 1. The number of hydrogen-bond acceptors (Lipinski definition) is 4. The van der Waals surface area contributed by atoms with E-state index in [0.29, 0.717) is 24.4 Å². The van der Waals surface area contributed by atoms with Crippen molar-refractivity contribution in [1.29, 1.82) is 0 Å². The van der Waals surface area contributed by atoms with Crippen molar-refractivity contribution in [2.45, 2.75) is 42.4 Å². The summed E-state index contributed by atoms with van der Waals surface area (Å²) in [5, 5.41) is 3.80. The van der Waals surface area contributed by atoms with Crippen molar-refractivity contribution in [1.82, 2.24) is 14.6 Å². The van der Waals surface area contributed by atoms with Gasteiger partial charge in [-0.25, -0.2) is 13.4 Å². The van der Waals surface area contributed by atoms with Gasteiger partial charge >= 0.3 is 0 Å². The first-order valence-electron chi connectivity index (χ1n) is 10.5. The summed E-state index contributed by atoms with van der Waals surface area (Å²) in [6.45, 7) is 1.17. The molecule has 1 aliphatic heterocycles. The highest BCUT2D eigenvalue weighted by Gasteiger charge is 2.40. The molecule has 0 atom stereocenters. The molecule has 31 heavy (non-hydrogen) atoms. The number of sulfonamides is 1. The molecule has 0 radical (unpaired) electrons. The minimum absolute atomic E-state index is 0.00306. The van der Waals surface area contributed by atoms with Gasteiger partial charge in [0, 0.05) is 42.2 Å². The zero-order valence-corrected chi connectivity index (χ0v) is 19.4. The molecular weight excluding hydrogens is 457 g/mol. The van der Waals surface area contributed by atoms with E-state index < -0.39 is 10.0 Å². The Labute approximate surface area is 193 Å². The molecular formula is C22H25Cl2N3O3S. The molecule has 2 fully saturated rings. The fourth-order valence-corrected chi connectivity index (χ4v) is 6.46. The Morgan fingerprint density at radius 2 is 1.81 bits per heavy atom. The van der Waals surface area contributed by atoms with E-state index in [-0.39, 0.29) is 40.4 Å². The van der Waals surface area contributed by atoms with E-state index in [9.17, 15) is 13.2 Å². The molecule has 1 aliphatic carbocycles. The highest BCUT2D eigenvalue weighted by molar-refractivity contribution is 7.89. The van der Waals surface area contributed by atoms with Crippen molar-refractivity contribution in [3.05, 3.63) is 58.3 Å². The monoisotopic (exact) mass is 481 g/mol. The van der Waals surface area contributed by atoms with Crippen LogP contribution in [0.4, 0.5) is 0 Å². The standard InChI is InChI=1S/C22H25Cl2N3O3S/c23-18-6-4-17(5-7-18)22(10-2-11-22)15-26-21(28)16-8-13-27(14-9-16)31(29,30)19-3-1-12-25-20(19)24/h1,3-7,12,16H,2,8-11,13-15H2,(H,26,28). The second kappa shape index (κ2) is 9.06. The molecule has 1 N–H and O–H groups in total. The van der Waals surface area contributed by atoms with Gasteiger partial charge in [-0.05, 0) is 55.5 Å². The van der Waals surface area contributed by atoms with Crippen LogP contribution in [0.2, 0.25) is 10.2 Å². The van der Waals surface area contributed by atoms with Crippen LogP contribution in [0.1, 0.15) is 37.7 Å². The first kappa shape index (κ1) is 22.5. The van der Waals surface area contributed by atoms with Crippen molar-refractivity contribution in [2.75, 3.05) is 19.6 Å². The second-order valence-electron chi connectivity index (χ2n) is 8.33. The Bertz CT molecular complexity index is 1050. The summed E-state index contributed by atoms with van der Waals surface area (Å²) in [6.07, 6.45) is 5.64. The summed E-state index contributed by atoms with van der Waals surface area (Å²) in [4.78, 5) is 16.7. The summed E-state index contributed by atoms with van der Waals surface area (Å²) in [5.74, 6) is -0.199. The normalized spacial score (nSPS) is 19.5. The summed E-state index contributed by atoms with van der Waals surface area (Å²) < 4.78 is 27.1. The Hall–Kier alpha value is -1.67. The smallest absolute Gasteiger partial charge is 0.246 e. The van der Waals surface area contributed by atoms with Crippen LogP contribution in [0.5, 0.6) is 0 Å². The van der Waals surface area contributed by atoms with Crippen molar-refractivity contribution < 1.29 is 13.2 Å². The lowest BCUT2D eigenvalue weighted by molar-refractivity contribution is -0.126. The maximum absolute atomic E-state index is 12.9. The molecule has 2 aliphatic rings. The highest BCUT2D eigenvalue weighted by Crippen LogP contribution is 2.43. The van der Waals surface area contributed by atoms with Crippen LogP contribution >= 0.6 is 23.2 Å². The molecule has 2 heterocycles. The average Bonchev–Trinajstić information content (AvgIpc) is 2.74. The number of aromatic nitrogens is 1. The Kier molecular flexibility index (Phi) is 6.58. The zero-order chi connectivity index (χ0) is 22.1. The maximum atomic E-state index is 12.9. The molecule has 9 heteroatoms. The number of halogens is 2. The van der Waals surface area contributed by atoms with E-state index in [4.69, 9.17) is 23.2 Å². The van der Waals surface area contributed by atoms with Gasteiger partial charge in [0.1, 0.15) is 10.0 Å². The van der Waals surface area contributed by atoms with Crippen LogP contribution in [0.3, 0.4) is 0 Å². The minimum atomic E-state index is -3.72. The summed E-state index contributed by atoms with van der Waals surface area (Å²) >= 11 is 12.0. The van der Waals surface area contributed by atoms with E-state index >= 15 is 0 Å². The van der Waals surface area contributed by atoms with Gasteiger partial charge in [0.05, 0.1) is 0 Å². The van der Waals surface area contributed by atoms with E-state index in [2.05, 4.69) is 10.3 Å². The largest absolute Gasteiger partial charge is 0.355 e. The van der Waals surface area contributed by atoms with E-state index in [1.54, 1.807) is 6.07 Å². The molecule has 4 rings (SSSR count). The van der Waals surface area contributed by atoms with Crippen LogP contribution < -0.4 is 5.32 Å². The topological polar surface area (TPSA) is 79.4 Å². The fourth-order valence-electron chi connectivity index (χ4n) is 4.44. The van der Waals surface area contributed by atoms with Gasteiger partial charge in [0.25, 0.3) is 0 Å². The van der Waals surface area contributed by atoms with Crippen molar-refractivity contribution in [2.24, 2.45) is 5.92 Å². The third-order valence-electron chi connectivity index (χ3n) is 6.54. The first-order chi connectivity index (χ1) is 14.8. The van der Waals surface area contributed by atoms with Gasteiger partial charge in [-0.1, -0.05) is 41.8 Å². The molecule has 1 aromatic heterocycles. The molecule has 166 valence electrons. The zero-order valence-electron chi connectivity index (χ0n) is 17.1. The Morgan fingerprint density at radius 1 is 1.13 bits per heavy atom. The number of hydrogen-bond donors (Lipinski definition) is 1. The third kappa shape index (κ3) is 4.60. The van der Waals surface area contributed by atoms with Crippen molar-refractivity contribution in [3.8, 4) is 0 Å². The van der Waals surface area contributed by atoms with Gasteiger partial charge in [0.2, 0.25) is 15.9 Å².